The van der Waals surface area contributed by atoms with Gasteiger partial charge in [-0.3, -0.25) is 4.79 Å². The van der Waals surface area contributed by atoms with E-state index in [0.717, 1.165) is 34.7 Å². The number of carbonyl (C=O) groups is 1. The molecule has 0 fully saturated rings. The molecule has 0 saturated carbocycles. The number of aromatic nitrogens is 6. The molecular formula is C27H25N7O3. The summed E-state index contributed by atoms with van der Waals surface area (Å²) in [5.74, 6) is 2.57. The lowest BCUT2D eigenvalue weighted by Gasteiger charge is -2.24. The lowest BCUT2D eigenvalue weighted by Crippen LogP contribution is -2.25. The molecule has 10 nitrogen and oxygen atoms in total. The minimum absolute atomic E-state index is 0.0756. The van der Waals surface area contributed by atoms with Gasteiger partial charge in [0.2, 0.25) is 5.91 Å². The highest BCUT2D eigenvalue weighted by Crippen LogP contribution is 2.40. The van der Waals surface area contributed by atoms with Gasteiger partial charge < -0.3 is 19.8 Å². The van der Waals surface area contributed by atoms with Crippen molar-refractivity contribution in [1.29, 1.82) is 0 Å². The summed E-state index contributed by atoms with van der Waals surface area (Å²) in [7, 11) is 1.66. The largest absolute Gasteiger partial charge is 0.497 e. The summed E-state index contributed by atoms with van der Waals surface area (Å²) in [6.45, 7) is 2.51. The Kier molecular flexibility index (Phi) is 5.76. The molecule has 2 N–H and O–H groups in total. The fraction of sp³-hybridized carbons (Fsp3) is 0.222. The minimum atomic E-state index is -0.134. The highest BCUT2D eigenvalue weighted by molar-refractivity contribution is 5.95. The third-order valence-corrected chi connectivity index (χ3v) is 6.61. The smallest absolute Gasteiger partial charge is 0.226 e. The van der Waals surface area contributed by atoms with Gasteiger partial charge in [0.1, 0.15) is 29.2 Å². The molecule has 4 heterocycles. The third-order valence-electron chi connectivity index (χ3n) is 6.61. The molecule has 186 valence electrons. The molecule has 0 spiro atoms. The maximum Gasteiger partial charge on any atom is 0.226 e. The summed E-state index contributed by atoms with van der Waals surface area (Å²) in [4.78, 5) is 28.6. The van der Waals surface area contributed by atoms with Crippen LogP contribution in [0.2, 0.25) is 0 Å². The first kappa shape index (κ1) is 22.7. The standard InChI is InChI=1S/C27H25N7O3/c1-16-23-21(18-5-9-20(10-6-18)37-12-11-17-3-7-19(36-2)8-4-17)13-22(35)32-26(23)34(33-16)27-24-25(29-14-28-24)30-15-31-27/h3-10,14-15,21H,11-13H2,1-2H3,(H,32,35)(H,28,29,30,31)/t21-/m0/s1. The number of methoxy groups -OCH3 is 1. The Morgan fingerprint density at radius 1 is 1.03 bits per heavy atom. The number of rotatable bonds is 7. The quantitative estimate of drug-likeness (QED) is 0.351. The van der Waals surface area contributed by atoms with Crippen molar-refractivity contribution in [1.82, 2.24) is 29.7 Å². The van der Waals surface area contributed by atoms with E-state index < -0.39 is 0 Å². The van der Waals surface area contributed by atoms with E-state index in [-0.39, 0.29) is 11.8 Å². The van der Waals surface area contributed by atoms with E-state index in [9.17, 15) is 4.79 Å². The number of carbonyl (C=O) groups excluding carboxylic acids is 1. The zero-order valence-electron chi connectivity index (χ0n) is 20.4. The number of H-pyrrole nitrogens is 1. The molecule has 0 saturated heterocycles. The zero-order valence-corrected chi connectivity index (χ0v) is 20.4. The van der Waals surface area contributed by atoms with Crippen LogP contribution in [0.3, 0.4) is 0 Å². The van der Waals surface area contributed by atoms with Crippen LogP contribution in [0.25, 0.3) is 17.0 Å². The number of ether oxygens (including phenoxy) is 2. The summed E-state index contributed by atoms with van der Waals surface area (Å²) in [6.07, 6.45) is 4.13. The molecule has 6 rings (SSSR count). The van der Waals surface area contributed by atoms with Crippen molar-refractivity contribution in [3.8, 4) is 17.3 Å². The van der Waals surface area contributed by atoms with Crippen LogP contribution in [0.15, 0.2) is 61.2 Å². The van der Waals surface area contributed by atoms with Crippen LogP contribution < -0.4 is 14.8 Å². The van der Waals surface area contributed by atoms with E-state index in [2.05, 4.69) is 25.3 Å². The average molecular weight is 496 g/mol. The third kappa shape index (κ3) is 4.26. The highest BCUT2D eigenvalue weighted by atomic mass is 16.5. The lowest BCUT2D eigenvalue weighted by atomic mass is 9.86. The summed E-state index contributed by atoms with van der Waals surface area (Å²) < 4.78 is 12.8. The van der Waals surface area contributed by atoms with Crippen molar-refractivity contribution < 1.29 is 14.3 Å². The van der Waals surface area contributed by atoms with E-state index >= 15 is 0 Å². The summed E-state index contributed by atoms with van der Waals surface area (Å²) >= 11 is 0. The molecule has 1 aliphatic heterocycles. The normalized spacial score (nSPS) is 14.9. The second-order valence-corrected chi connectivity index (χ2v) is 8.88. The van der Waals surface area contributed by atoms with E-state index in [1.54, 1.807) is 18.1 Å². The van der Waals surface area contributed by atoms with E-state index in [4.69, 9.17) is 14.6 Å². The van der Waals surface area contributed by atoms with Crippen molar-refractivity contribution >= 4 is 22.9 Å². The molecule has 0 unspecified atom stereocenters. The minimum Gasteiger partial charge on any atom is -0.497 e. The molecule has 1 atom stereocenters. The van der Waals surface area contributed by atoms with Gasteiger partial charge in [0.25, 0.3) is 0 Å². The molecule has 2 aromatic carbocycles. The lowest BCUT2D eigenvalue weighted by molar-refractivity contribution is -0.116. The van der Waals surface area contributed by atoms with Crippen LogP contribution >= 0.6 is 0 Å². The number of anilines is 1. The first-order valence-electron chi connectivity index (χ1n) is 12.0. The SMILES string of the molecule is COc1ccc(CCOc2ccc([C@@H]3CC(=O)Nc4c3c(C)nn4-c3ncnc4nc[nH]c34)cc2)cc1. The second kappa shape index (κ2) is 9.38. The number of benzene rings is 2. The van der Waals surface area contributed by atoms with Gasteiger partial charge in [-0.2, -0.15) is 9.78 Å². The van der Waals surface area contributed by atoms with Crippen LogP contribution in [-0.4, -0.2) is 49.3 Å². The number of hydrogen-bond acceptors (Lipinski definition) is 7. The van der Waals surface area contributed by atoms with Crippen molar-refractivity contribution in [3.05, 3.63) is 83.6 Å². The van der Waals surface area contributed by atoms with Gasteiger partial charge >= 0.3 is 0 Å². The Balaban J connectivity index is 1.23. The van der Waals surface area contributed by atoms with Crippen LogP contribution in [0.1, 0.15) is 34.7 Å². The number of nitrogens with one attached hydrogen (secondary N) is 2. The van der Waals surface area contributed by atoms with Crippen molar-refractivity contribution in [2.75, 3.05) is 19.0 Å². The number of nitrogens with zero attached hydrogens (tertiary/aromatic N) is 5. The van der Waals surface area contributed by atoms with Gasteiger partial charge in [0.15, 0.2) is 11.5 Å². The van der Waals surface area contributed by atoms with Gasteiger partial charge in [0.05, 0.1) is 25.7 Å². The predicted octanol–water partition coefficient (Wildman–Crippen LogP) is 3.95. The maximum atomic E-state index is 12.8. The molecule has 1 amide bonds. The number of aryl methyl sites for hydroxylation is 1. The Labute approximate surface area is 212 Å². The molecule has 0 aliphatic carbocycles. The average Bonchev–Trinajstić information content (AvgIpc) is 3.53. The summed E-state index contributed by atoms with van der Waals surface area (Å²) in [5, 5.41) is 7.73. The van der Waals surface area contributed by atoms with Crippen LogP contribution in [0.4, 0.5) is 5.82 Å². The Bertz CT molecular complexity index is 1570. The molecular weight excluding hydrogens is 470 g/mol. The number of hydrogen-bond donors (Lipinski definition) is 2. The van der Waals surface area contributed by atoms with E-state index in [1.165, 1.54) is 11.9 Å². The molecule has 0 bridgehead atoms. The fourth-order valence-electron chi connectivity index (χ4n) is 4.77. The van der Waals surface area contributed by atoms with Gasteiger partial charge in [-0.1, -0.05) is 24.3 Å². The highest BCUT2D eigenvalue weighted by Gasteiger charge is 2.33. The van der Waals surface area contributed by atoms with Crippen LogP contribution in [0, 0.1) is 6.92 Å². The van der Waals surface area contributed by atoms with Gasteiger partial charge in [-0.25, -0.2) is 15.0 Å². The van der Waals surface area contributed by atoms with Gasteiger partial charge in [-0.05, 0) is 42.3 Å². The molecule has 5 aromatic rings. The summed E-state index contributed by atoms with van der Waals surface area (Å²) in [6, 6.07) is 15.9. The van der Waals surface area contributed by atoms with Gasteiger partial charge in [-0.15, -0.1) is 0 Å². The monoisotopic (exact) mass is 495 g/mol. The molecule has 37 heavy (non-hydrogen) atoms. The molecule has 10 heteroatoms. The molecule has 3 aromatic heterocycles. The Hall–Kier alpha value is -4.73. The van der Waals surface area contributed by atoms with Gasteiger partial charge in [0, 0.05) is 24.3 Å². The van der Waals surface area contributed by atoms with Crippen molar-refractivity contribution in [3.63, 3.8) is 0 Å². The van der Waals surface area contributed by atoms with E-state index in [0.29, 0.717) is 35.8 Å². The van der Waals surface area contributed by atoms with Crippen molar-refractivity contribution in [2.24, 2.45) is 0 Å². The Morgan fingerprint density at radius 3 is 2.59 bits per heavy atom. The van der Waals surface area contributed by atoms with Crippen molar-refractivity contribution in [2.45, 2.75) is 25.7 Å². The zero-order chi connectivity index (χ0) is 25.4. The Morgan fingerprint density at radius 2 is 1.81 bits per heavy atom. The number of imidazole rings is 1. The van der Waals surface area contributed by atoms with Crippen LogP contribution in [-0.2, 0) is 11.2 Å². The first-order valence-corrected chi connectivity index (χ1v) is 12.0. The molecule has 1 aliphatic rings. The number of amides is 1. The topological polar surface area (TPSA) is 120 Å². The van der Waals surface area contributed by atoms with E-state index in [1.807, 2.05) is 55.5 Å². The predicted molar refractivity (Wildman–Crippen MR) is 137 cm³/mol. The number of fused-ring (bicyclic) bond motifs is 2. The fourth-order valence-corrected chi connectivity index (χ4v) is 4.77. The maximum absolute atomic E-state index is 12.8. The first-order chi connectivity index (χ1) is 18.1. The second-order valence-electron chi connectivity index (χ2n) is 8.88. The van der Waals surface area contributed by atoms with Crippen LogP contribution in [0.5, 0.6) is 11.5 Å². The number of aromatic amines is 1. The summed E-state index contributed by atoms with van der Waals surface area (Å²) in [5.41, 5.74) is 5.19. The molecule has 0 radical (unpaired) electrons.